The summed E-state index contributed by atoms with van der Waals surface area (Å²) in [4.78, 5) is 15.2. The van der Waals surface area contributed by atoms with Gasteiger partial charge in [-0.1, -0.05) is 25.6 Å². The Hall–Kier alpha value is -1.24. The number of aromatic nitrogens is 3. The maximum absolute atomic E-state index is 11.2. The van der Waals surface area contributed by atoms with E-state index < -0.39 is 0 Å². The minimum atomic E-state index is -0.237. The molecule has 0 aliphatic heterocycles. The van der Waals surface area contributed by atoms with Crippen molar-refractivity contribution >= 4 is 23.7 Å². The lowest BCUT2D eigenvalue weighted by atomic mass is 10.1. The molecule has 0 amide bonds. The Kier molecular flexibility index (Phi) is 3.96. The van der Waals surface area contributed by atoms with E-state index in [1.54, 1.807) is 6.92 Å². The number of rotatable bonds is 4. The summed E-state index contributed by atoms with van der Waals surface area (Å²) in [6.45, 7) is 3.72. The smallest absolute Gasteiger partial charge is 0.309 e. The van der Waals surface area contributed by atoms with E-state index in [9.17, 15) is 4.79 Å². The molecule has 0 saturated heterocycles. The number of aromatic amines is 1. The minimum Gasteiger partial charge on any atom is -0.469 e. The average molecular weight is 230 g/mol. The van der Waals surface area contributed by atoms with Crippen LogP contribution in [0.3, 0.4) is 0 Å². The summed E-state index contributed by atoms with van der Waals surface area (Å²) in [5, 5.41) is 6.98. The maximum Gasteiger partial charge on any atom is 0.309 e. The molecule has 7 heteroatoms. The van der Waals surface area contributed by atoms with Gasteiger partial charge in [0.15, 0.2) is 0 Å². The second-order valence-corrected chi connectivity index (χ2v) is 4.48. The van der Waals surface area contributed by atoms with E-state index >= 15 is 0 Å². The number of hydrogen-bond donors (Lipinski definition) is 2. The van der Waals surface area contributed by atoms with Gasteiger partial charge >= 0.3 is 5.97 Å². The van der Waals surface area contributed by atoms with E-state index in [1.807, 2.05) is 6.92 Å². The fourth-order valence-electron chi connectivity index (χ4n) is 0.957. The van der Waals surface area contributed by atoms with Crippen LogP contribution in [-0.2, 0) is 9.53 Å². The number of esters is 1. The van der Waals surface area contributed by atoms with E-state index in [0.717, 1.165) is 0 Å². The van der Waals surface area contributed by atoms with Crippen LogP contribution in [0.2, 0.25) is 0 Å². The van der Waals surface area contributed by atoms with Crippen molar-refractivity contribution in [1.82, 2.24) is 15.2 Å². The molecule has 6 nitrogen and oxygen atoms in total. The van der Waals surface area contributed by atoms with Gasteiger partial charge in [-0.15, -0.1) is 5.10 Å². The van der Waals surface area contributed by atoms with Crippen LogP contribution in [0.5, 0.6) is 0 Å². The molecule has 0 saturated carbocycles. The van der Waals surface area contributed by atoms with Gasteiger partial charge < -0.3 is 10.5 Å². The fourth-order valence-corrected chi connectivity index (χ4v) is 1.85. The number of ether oxygens (including phenoxy) is 1. The Balaban J connectivity index is 2.55. The molecule has 2 unspecified atom stereocenters. The van der Waals surface area contributed by atoms with Crippen molar-refractivity contribution in [2.45, 2.75) is 24.3 Å². The van der Waals surface area contributed by atoms with Gasteiger partial charge in [0.25, 0.3) is 0 Å². The number of methoxy groups -OCH3 is 1. The van der Waals surface area contributed by atoms with E-state index in [0.29, 0.717) is 5.16 Å². The summed E-state index contributed by atoms with van der Waals surface area (Å²) in [5.41, 5.74) is 5.38. The number of nitrogens with two attached hydrogens (primary N) is 1. The average Bonchev–Trinajstić information content (AvgIpc) is 2.61. The molecule has 0 aromatic carbocycles. The lowest BCUT2D eigenvalue weighted by Crippen LogP contribution is -2.22. The monoisotopic (exact) mass is 230 g/mol. The van der Waals surface area contributed by atoms with Gasteiger partial charge in [-0.2, -0.15) is 4.98 Å². The number of nitrogens with zero attached hydrogens (tertiary/aromatic N) is 2. The number of H-pyrrole nitrogens is 1. The van der Waals surface area contributed by atoms with Gasteiger partial charge in [0.2, 0.25) is 11.1 Å². The summed E-state index contributed by atoms with van der Waals surface area (Å²) in [7, 11) is 1.38. The first-order valence-electron chi connectivity index (χ1n) is 4.47. The molecule has 84 valence electrons. The molecule has 0 radical (unpaired) electrons. The third-order valence-corrected chi connectivity index (χ3v) is 3.22. The van der Waals surface area contributed by atoms with E-state index in [-0.39, 0.29) is 23.1 Å². The van der Waals surface area contributed by atoms with Crippen LogP contribution < -0.4 is 5.73 Å². The topological polar surface area (TPSA) is 93.9 Å². The van der Waals surface area contributed by atoms with Crippen LogP contribution in [0, 0.1) is 5.92 Å². The molecule has 1 aromatic rings. The van der Waals surface area contributed by atoms with Crippen LogP contribution in [0.1, 0.15) is 13.8 Å². The second kappa shape index (κ2) is 5.01. The molecule has 3 N–H and O–H groups in total. The third-order valence-electron chi connectivity index (χ3n) is 2.05. The highest BCUT2D eigenvalue weighted by molar-refractivity contribution is 7.99. The molecule has 0 aliphatic carbocycles. The van der Waals surface area contributed by atoms with Gasteiger partial charge in [-0.05, 0) is 0 Å². The van der Waals surface area contributed by atoms with Crippen molar-refractivity contribution in [1.29, 1.82) is 0 Å². The van der Waals surface area contributed by atoms with Crippen molar-refractivity contribution in [3.8, 4) is 0 Å². The number of nitrogen functional groups attached to an aromatic ring is 1. The van der Waals surface area contributed by atoms with Gasteiger partial charge in [0, 0.05) is 5.25 Å². The van der Waals surface area contributed by atoms with Crippen molar-refractivity contribution in [3.63, 3.8) is 0 Å². The van der Waals surface area contributed by atoms with Crippen LogP contribution >= 0.6 is 11.8 Å². The summed E-state index contributed by atoms with van der Waals surface area (Å²) >= 11 is 1.38. The molecule has 0 fully saturated rings. The minimum absolute atomic E-state index is 0.0349. The highest BCUT2D eigenvalue weighted by atomic mass is 32.2. The summed E-state index contributed by atoms with van der Waals surface area (Å²) in [6, 6.07) is 0. The number of anilines is 1. The lowest BCUT2D eigenvalue weighted by molar-refractivity contribution is -0.144. The second-order valence-electron chi connectivity index (χ2n) is 3.14. The third kappa shape index (κ3) is 3.12. The molecule has 15 heavy (non-hydrogen) atoms. The van der Waals surface area contributed by atoms with E-state index in [2.05, 4.69) is 19.9 Å². The van der Waals surface area contributed by atoms with Crippen molar-refractivity contribution < 1.29 is 9.53 Å². The highest BCUT2D eigenvalue weighted by Gasteiger charge is 2.23. The van der Waals surface area contributed by atoms with Crippen LogP contribution in [0.25, 0.3) is 0 Å². The quantitative estimate of drug-likeness (QED) is 0.583. The molecule has 1 heterocycles. The number of nitrogens with one attached hydrogen (secondary N) is 1. The highest BCUT2D eigenvalue weighted by Crippen LogP contribution is 2.25. The Labute approximate surface area is 92.0 Å². The molecule has 2 atom stereocenters. The SMILES string of the molecule is COC(=O)C(C)C(C)Sc1n[nH]c(N)n1. The summed E-state index contributed by atoms with van der Waals surface area (Å²) in [6.07, 6.45) is 0. The zero-order valence-corrected chi connectivity index (χ0v) is 9.67. The van der Waals surface area contributed by atoms with Crippen LogP contribution in [0.4, 0.5) is 5.95 Å². The molecule has 1 rings (SSSR count). The number of thioether (sulfide) groups is 1. The van der Waals surface area contributed by atoms with Gasteiger partial charge in [0.05, 0.1) is 13.0 Å². The molecular formula is C8H14N4O2S. The predicted octanol–water partition coefficient (Wildman–Crippen LogP) is 0.677. The first-order chi connectivity index (χ1) is 7.04. The first kappa shape index (κ1) is 11.8. The van der Waals surface area contributed by atoms with E-state index in [1.165, 1.54) is 18.9 Å². The lowest BCUT2D eigenvalue weighted by Gasteiger charge is -2.14. The standard InChI is InChI=1S/C8H14N4O2S/c1-4(6(13)14-3)5(2)15-8-10-7(9)11-12-8/h4-5H,1-3H3,(H3,9,10,11,12). The largest absolute Gasteiger partial charge is 0.469 e. The molecule has 0 spiro atoms. The normalized spacial score (nSPS) is 14.6. The Morgan fingerprint density at radius 2 is 2.27 bits per heavy atom. The zero-order chi connectivity index (χ0) is 11.4. The van der Waals surface area contributed by atoms with Crippen molar-refractivity contribution in [2.75, 3.05) is 12.8 Å². The van der Waals surface area contributed by atoms with Crippen molar-refractivity contribution in [3.05, 3.63) is 0 Å². The summed E-state index contributed by atoms with van der Waals surface area (Å²) in [5.74, 6) is -0.173. The first-order valence-corrected chi connectivity index (χ1v) is 5.35. The van der Waals surface area contributed by atoms with Gasteiger partial charge in [0.1, 0.15) is 0 Å². The van der Waals surface area contributed by atoms with Crippen molar-refractivity contribution in [2.24, 2.45) is 5.92 Å². The molecule has 0 bridgehead atoms. The van der Waals surface area contributed by atoms with E-state index in [4.69, 9.17) is 5.73 Å². The maximum atomic E-state index is 11.2. The number of carbonyl (C=O) groups is 1. The Bertz CT molecular complexity index is 341. The predicted molar refractivity (Wildman–Crippen MR) is 57.3 cm³/mol. The Morgan fingerprint density at radius 3 is 2.73 bits per heavy atom. The fraction of sp³-hybridized carbons (Fsp3) is 0.625. The molecule has 1 aromatic heterocycles. The van der Waals surface area contributed by atoms with Crippen LogP contribution in [0.15, 0.2) is 5.16 Å². The summed E-state index contributed by atoms with van der Waals surface area (Å²) < 4.78 is 4.65. The zero-order valence-electron chi connectivity index (χ0n) is 8.85. The molecule has 0 aliphatic rings. The Morgan fingerprint density at radius 1 is 1.60 bits per heavy atom. The van der Waals surface area contributed by atoms with Gasteiger partial charge in [-0.25, -0.2) is 5.10 Å². The number of hydrogen-bond acceptors (Lipinski definition) is 6. The number of carbonyl (C=O) groups excluding carboxylic acids is 1. The van der Waals surface area contributed by atoms with Crippen LogP contribution in [-0.4, -0.2) is 33.5 Å². The molecular weight excluding hydrogens is 216 g/mol. The van der Waals surface area contributed by atoms with Gasteiger partial charge in [-0.3, -0.25) is 4.79 Å².